The van der Waals surface area contributed by atoms with Gasteiger partial charge in [-0.1, -0.05) is 20.8 Å². The summed E-state index contributed by atoms with van der Waals surface area (Å²) >= 11 is 0. The van der Waals surface area contributed by atoms with Crippen LogP contribution in [0, 0.1) is 0 Å². The van der Waals surface area contributed by atoms with E-state index in [1.54, 1.807) is 0 Å². The van der Waals surface area contributed by atoms with E-state index in [0.29, 0.717) is 0 Å². The zero-order valence-corrected chi connectivity index (χ0v) is 7.75. The van der Waals surface area contributed by atoms with Gasteiger partial charge in [0, 0.05) is 12.4 Å². The summed E-state index contributed by atoms with van der Waals surface area (Å²) in [6.45, 7) is 6.27. The molecule has 0 heterocycles. The van der Waals surface area contributed by atoms with Crippen molar-refractivity contribution in [2.24, 2.45) is 9.98 Å². The molecule has 0 bridgehead atoms. The summed E-state index contributed by atoms with van der Waals surface area (Å²) in [6, 6.07) is 0. The van der Waals surface area contributed by atoms with E-state index in [9.17, 15) is 0 Å². The van der Waals surface area contributed by atoms with E-state index in [2.05, 4.69) is 30.8 Å². The molecule has 0 aliphatic carbocycles. The zero-order valence-electron chi connectivity index (χ0n) is 7.75. The lowest BCUT2D eigenvalue weighted by Gasteiger charge is -2.01. The second kappa shape index (κ2) is 7.45. The van der Waals surface area contributed by atoms with Crippen LogP contribution >= 0.6 is 0 Å². The Hall–Kier alpha value is -0.660. The minimum absolute atomic E-state index is 0.162. The molecule has 0 aliphatic rings. The first kappa shape index (κ1) is 10.3. The highest BCUT2D eigenvalue weighted by Gasteiger charge is 1.94. The van der Waals surface area contributed by atoms with Crippen molar-refractivity contribution in [3.63, 3.8) is 0 Å². The normalized spacial score (nSPS) is 12.4. The first-order chi connectivity index (χ1) is 5.35. The van der Waals surface area contributed by atoms with Gasteiger partial charge in [0.1, 0.15) is 6.17 Å². The Morgan fingerprint density at radius 1 is 1.00 bits per heavy atom. The van der Waals surface area contributed by atoms with Gasteiger partial charge in [0.25, 0.3) is 0 Å². The van der Waals surface area contributed by atoms with Crippen molar-refractivity contribution >= 4 is 12.4 Å². The molecule has 0 atom stereocenters. The fourth-order valence-electron chi connectivity index (χ4n) is 0.703. The van der Waals surface area contributed by atoms with Gasteiger partial charge in [0.05, 0.1) is 0 Å². The van der Waals surface area contributed by atoms with Crippen molar-refractivity contribution in [3.8, 4) is 0 Å². The van der Waals surface area contributed by atoms with E-state index in [-0.39, 0.29) is 6.17 Å². The minimum Gasteiger partial charge on any atom is -0.271 e. The van der Waals surface area contributed by atoms with E-state index >= 15 is 0 Å². The van der Waals surface area contributed by atoms with Crippen LogP contribution in [0.1, 0.15) is 40.0 Å². The highest BCUT2D eigenvalue weighted by atomic mass is 15.0. The van der Waals surface area contributed by atoms with Crippen LogP contribution in [0.4, 0.5) is 0 Å². The van der Waals surface area contributed by atoms with Gasteiger partial charge in [0.15, 0.2) is 0 Å². The Labute approximate surface area is 69.4 Å². The summed E-state index contributed by atoms with van der Waals surface area (Å²) in [7, 11) is 0. The molecule has 0 aromatic heterocycles. The third-order valence-electron chi connectivity index (χ3n) is 1.29. The van der Waals surface area contributed by atoms with E-state index in [0.717, 1.165) is 19.3 Å². The fraction of sp³-hybridized carbons (Fsp3) is 0.778. The molecule has 0 aromatic rings. The van der Waals surface area contributed by atoms with Crippen molar-refractivity contribution in [2.45, 2.75) is 46.2 Å². The van der Waals surface area contributed by atoms with Gasteiger partial charge in [-0.05, 0) is 19.3 Å². The Morgan fingerprint density at radius 2 is 1.45 bits per heavy atom. The van der Waals surface area contributed by atoms with Crippen molar-refractivity contribution < 1.29 is 0 Å². The largest absolute Gasteiger partial charge is 0.271 e. The maximum absolute atomic E-state index is 4.28. The predicted molar refractivity (Wildman–Crippen MR) is 51.6 cm³/mol. The third-order valence-corrected chi connectivity index (χ3v) is 1.29. The topological polar surface area (TPSA) is 24.7 Å². The molecule has 0 rings (SSSR count). The van der Waals surface area contributed by atoms with Crippen LogP contribution in [-0.2, 0) is 0 Å². The Bertz CT molecular complexity index is 114. The molecule has 2 heteroatoms. The van der Waals surface area contributed by atoms with Crippen molar-refractivity contribution in [2.75, 3.05) is 0 Å². The SMILES string of the molecule is CC/C=N/C(CC)/N=C/CC. The van der Waals surface area contributed by atoms with Gasteiger partial charge in [-0.3, -0.25) is 9.98 Å². The van der Waals surface area contributed by atoms with Crippen molar-refractivity contribution in [3.05, 3.63) is 0 Å². The minimum atomic E-state index is 0.162. The Morgan fingerprint density at radius 3 is 1.73 bits per heavy atom. The maximum Gasteiger partial charge on any atom is 0.138 e. The highest BCUT2D eigenvalue weighted by Crippen LogP contribution is 1.97. The number of hydrogen-bond acceptors (Lipinski definition) is 2. The van der Waals surface area contributed by atoms with Crippen LogP contribution in [-0.4, -0.2) is 18.6 Å². The van der Waals surface area contributed by atoms with Crippen LogP contribution in [0.2, 0.25) is 0 Å². The Kier molecular flexibility index (Phi) is 7.00. The Balaban J connectivity index is 3.75. The van der Waals surface area contributed by atoms with Gasteiger partial charge < -0.3 is 0 Å². The van der Waals surface area contributed by atoms with Gasteiger partial charge in [0.2, 0.25) is 0 Å². The second-order valence-corrected chi connectivity index (χ2v) is 2.37. The van der Waals surface area contributed by atoms with Crippen molar-refractivity contribution in [1.29, 1.82) is 0 Å². The summed E-state index contributed by atoms with van der Waals surface area (Å²) in [5, 5.41) is 0. The van der Waals surface area contributed by atoms with Crippen LogP contribution in [0.25, 0.3) is 0 Å². The number of hydrogen-bond donors (Lipinski definition) is 0. The number of nitrogens with zero attached hydrogens (tertiary/aromatic N) is 2. The lowest BCUT2D eigenvalue weighted by molar-refractivity contribution is 0.689. The third kappa shape index (κ3) is 5.77. The molecule has 0 aliphatic heterocycles. The van der Waals surface area contributed by atoms with E-state index in [1.165, 1.54) is 0 Å². The summed E-state index contributed by atoms with van der Waals surface area (Å²) in [4.78, 5) is 8.55. The average Bonchev–Trinajstić information content (AvgIpc) is 2.05. The van der Waals surface area contributed by atoms with E-state index < -0.39 is 0 Å². The quantitative estimate of drug-likeness (QED) is 0.544. The zero-order chi connectivity index (χ0) is 8.53. The number of rotatable bonds is 5. The molecule has 64 valence electrons. The molecule has 0 saturated heterocycles. The molecule has 0 aromatic carbocycles. The van der Waals surface area contributed by atoms with Crippen LogP contribution in [0.3, 0.4) is 0 Å². The average molecular weight is 154 g/mol. The summed E-state index contributed by atoms with van der Waals surface area (Å²) in [5.74, 6) is 0. The highest BCUT2D eigenvalue weighted by molar-refractivity contribution is 5.59. The second-order valence-electron chi connectivity index (χ2n) is 2.37. The molecule has 11 heavy (non-hydrogen) atoms. The maximum atomic E-state index is 4.28. The molecule has 0 radical (unpaired) electrons. The summed E-state index contributed by atoms with van der Waals surface area (Å²) < 4.78 is 0. The first-order valence-corrected chi connectivity index (χ1v) is 4.38. The molecule has 0 unspecified atom stereocenters. The van der Waals surface area contributed by atoms with Crippen LogP contribution < -0.4 is 0 Å². The molecular weight excluding hydrogens is 136 g/mol. The molecule has 0 N–H and O–H groups in total. The van der Waals surface area contributed by atoms with Crippen LogP contribution in [0.15, 0.2) is 9.98 Å². The molecule has 0 amide bonds. The van der Waals surface area contributed by atoms with Gasteiger partial charge in [-0.2, -0.15) is 0 Å². The van der Waals surface area contributed by atoms with E-state index in [1.807, 2.05) is 12.4 Å². The first-order valence-electron chi connectivity index (χ1n) is 4.38. The smallest absolute Gasteiger partial charge is 0.138 e. The van der Waals surface area contributed by atoms with E-state index in [4.69, 9.17) is 0 Å². The molecule has 0 saturated carbocycles. The molecule has 0 spiro atoms. The molecule has 0 fully saturated rings. The summed E-state index contributed by atoms with van der Waals surface area (Å²) in [5.41, 5.74) is 0. The lowest BCUT2D eigenvalue weighted by Crippen LogP contribution is -1.98. The van der Waals surface area contributed by atoms with Crippen LogP contribution in [0.5, 0.6) is 0 Å². The monoisotopic (exact) mass is 154 g/mol. The standard InChI is InChI=1S/C9H18N2/c1-4-7-10-9(6-3)11-8-5-2/h7-9H,4-6H2,1-3H3/b10-7+,11-8+. The van der Waals surface area contributed by atoms with Gasteiger partial charge in [-0.15, -0.1) is 0 Å². The van der Waals surface area contributed by atoms with Gasteiger partial charge in [-0.25, -0.2) is 0 Å². The van der Waals surface area contributed by atoms with Gasteiger partial charge >= 0.3 is 0 Å². The summed E-state index contributed by atoms with van der Waals surface area (Å²) in [6.07, 6.45) is 7.01. The lowest BCUT2D eigenvalue weighted by atomic mass is 10.4. The predicted octanol–water partition coefficient (Wildman–Crippen LogP) is 2.68. The fourth-order valence-corrected chi connectivity index (χ4v) is 0.703. The molecule has 2 nitrogen and oxygen atoms in total. The molecular formula is C9H18N2. The number of aliphatic imine (C=N–C) groups is 2. The van der Waals surface area contributed by atoms with Crippen molar-refractivity contribution in [1.82, 2.24) is 0 Å².